The van der Waals surface area contributed by atoms with Crippen LogP contribution in [-0.4, -0.2) is 19.0 Å². The summed E-state index contributed by atoms with van der Waals surface area (Å²) in [6, 6.07) is 12.5. The highest BCUT2D eigenvalue weighted by Gasteiger charge is 2.47. The summed E-state index contributed by atoms with van der Waals surface area (Å²) < 4.78 is 30.1. The van der Waals surface area contributed by atoms with Crippen LogP contribution in [0.2, 0.25) is 10.0 Å². The minimum Gasteiger partial charge on any atom is -0.447 e. The zero-order chi connectivity index (χ0) is 20.9. The van der Waals surface area contributed by atoms with Crippen LogP contribution in [0.1, 0.15) is 36.7 Å². The van der Waals surface area contributed by atoms with Crippen molar-refractivity contribution in [1.29, 1.82) is 0 Å². The van der Waals surface area contributed by atoms with Gasteiger partial charge in [0.05, 0.1) is 0 Å². The topological polar surface area (TPSA) is 78.9 Å². The predicted molar refractivity (Wildman–Crippen MR) is 107 cm³/mol. The molecule has 1 unspecified atom stereocenters. The molecule has 0 radical (unpaired) electrons. The van der Waals surface area contributed by atoms with Crippen LogP contribution in [0.15, 0.2) is 48.5 Å². The van der Waals surface area contributed by atoms with Crippen molar-refractivity contribution in [3.8, 4) is 0 Å². The van der Waals surface area contributed by atoms with Crippen molar-refractivity contribution in [1.82, 2.24) is 0 Å². The molecule has 0 fully saturated rings. The van der Waals surface area contributed by atoms with Gasteiger partial charge in [0, 0.05) is 42.1 Å². The van der Waals surface area contributed by atoms with Crippen molar-refractivity contribution in [3.05, 3.63) is 69.7 Å². The van der Waals surface area contributed by atoms with Crippen LogP contribution in [0, 0.1) is 0 Å². The Kier molecular flexibility index (Phi) is 7.67. The van der Waals surface area contributed by atoms with Crippen molar-refractivity contribution in [3.63, 3.8) is 0 Å². The molecule has 0 N–H and O–H groups in total. The number of benzene rings is 2. The predicted octanol–water partition coefficient (Wildman–Crippen LogP) is 5.74. The maximum Gasteiger partial charge on any atom is 0.303 e. The third-order valence-electron chi connectivity index (χ3n) is 3.80. The Morgan fingerprint density at radius 1 is 0.786 bits per heavy atom. The molecule has 2 rings (SSSR count). The smallest absolute Gasteiger partial charge is 0.303 e. The lowest BCUT2D eigenvalue weighted by atomic mass is 10.2. The Morgan fingerprint density at radius 2 is 1.11 bits per heavy atom. The molecule has 0 aliphatic rings. The molecule has 0 heterocycles. The van der Waals surface area contributed by atoms with Crippen molar-refractivity contribution in [2.24, 2.45) is 0 Å². The van der Waals surface area contributed by atoms with E-state index >= 15 is 0 Å². The van der Waals surface area contributed by atoms with Crippen molar-refractivity contribution in [2.45, 2.75) is 25.5 Å². The molecule has 0 spiro atoms. The highest BCUT2D eigenvalue weighted by molar-refractivity contribution is 7.59. The highest BCUT2D eigenvalue weighted by Crippen LogP contribution is 2.70. The van der Waals surface area contributed by atoms with Gasteiger partial charge in [-0.2, -0.15) is 0 Å². The number of halogens is 2. The molecule has 28 heavy (non-hydrogen) atoms. The molecule has 0 saturated heterocycles. The lowest BCUT2D eigenvalue weighted by Gasteiger charge is -2.32. The second kappa shape index (κ2) is 9.57. The van der Waals surface area contributed by atoms with Gasteiger partial charge < -0.3 is 14.0 Å². The van der Waals surface area contributed by atoms with Gasteiger partial charge in [-0.15, -0.1) is 0 Å². The summed E-state index contributed by atoms with van der Waals surface area (Å²) >= 11 is 11.8. The fourth-order valence-electron chi connectivity index (χ4n) is 2.58. The molecule has 6 nitrogen and oxygen atoms in total. The van der Waals surface area contributed by atoms with Crippen molar-refractivity contribution in [2.75, 3.05) is 7.11 Å². The molecule has 0 saturated carbocycles. The minimum atomic E-state index is -3.97. The maximum absolute atomic E-state index is 14.0. The van der Waals surface area contributed by atoms with E-state index in [1.165, 1.54) is 21.0 Å². The number of rotatable bonds is 7. The molecule has 0 aliphatic carbocycles. The van der Waals surface area contributed by atoms with Crippen LogP contribution in [0.25, 0.3) is 0 Å². The summed E-state index contributed by atoms with van der Waals surface area (Å²) in [5.41, 5.74) is 0.770. The quantitative estimate of drug-likeness (QED) is 0.400. The molecular formula is C19H19Cl2O6P. The number of hydrogen-bond acceptors (Lipinski definition) is 6. The molecule has 9 heteroatoms. The van der Waals surface area contributed by atoms with Crippen LogP contribution in [-0.2, 0) is 28.2 Å². The average Bonchev–Trinajstić information content (AvgIpc) is 2.65. The Morgan fingerprint density at radius 3 is 1.36 bits per heavy atom. The van der Waals surface area contributed by atoms with E-state index in [1.807, 2.05) is 0 Å². The second-order valence-electron chi connectivity index (χ2n) is 5.85. The van der Waals surface area contributed by atoms with Gasteiger partial charge in [0.2, 0.25) is 11.7 Å². The second-order valence-corrected chi connectivity index (χ2v) is 9.32. The van der Waals surface area contributed by atoms with Crippen LogP contribution < -0.4 is 0 Å². The van der Waals surface area contributed by atoms with Crippen LogP contribution >= 0.6 is 30.6 Å². The first-order chi connectivity index (χ1) is 13.2. The van der Waals surface area contributed by atoms with Gasteiger partial charge in [0.15, 0.2) is 0 Å². The monoisotopic (exact) mass is 444 g/mol. The zero-order valence-electron chi connectivity index (χ0n) is 15.4. The van der Waals surface area contributed by atoms with Crippen molar-refractivity contribution < 1.29 is 28.2 Å². The third kappa shape index (κ3) is 5.36. The Bertz CT molecular complexity index is 813. The summed E-state index contributed by atoms with van der Waals surface area (Å²) in [6.07, 6.45) is 0. The summed E-state index contributed by atoms with van der Waals surface area (Å²) in [6.45, 7) is 2.37. The first kappa shape index (κ1) is 22.4. The Hall–Kier alpha value is -1.85. The van der Waals surface area contributed by atoms with Crippen molar-refractivity contribution >= 4 is 42.5 Å². The molecule has 2 aromatic carbocycles. The largest absolute Gasteiger partial charge is 0.447 e. The molecule has 150 valence electrons. The van der Waals surface area contributed by atoms with Gasteiger partial charge in [-0.3, -0.25) is 14.2 Å². The van der Waals surface area contributed by atoms with Gasteiger partial charge >= 0.3 is 11.9 Å². The summed E-state index contributed by atoms with van der Waals surface area (Å²) in [5.74, 6) is -3.97. The van der Waals surface area contributed by atoms with E-state index in [9.17, 15) is 14.2 Å². The Balaban J connectivity index is 2.62. The van der Waals surface area contributed by atoms with E-state index in [0.29, 0.717) is 21.2 Å². The molecule has 0 amide bonds. The van der Waals surface area contributed by atoms with E-state index < -0.39 is 31.0 Å². The fourth-order valence-corrected chi connectivity index (χ4v) is 5.23. The molecular weight excluding hydrogens is 426 g/mol. The van der Waals surface area contributed by atoms with E-state index in [-0.39, 0.29) is 0 Å². The molecule has 0 bridgehead atoms. The van der Waals surface area contributed by atoms with E-state index in [0.717, 1.165) is 0 Å². The average molecular weight is 445 g/mol. The minimum absolute atomic E-state index is 0.385. The summed E-state index contributed by atoms with van der Waals surface area (Å²) in [4.78, 5) is 23.5. The van der Waals surface area contributed by atoms with Gasteiger partial charge in [0.25, 0.3) is 7.37 Å². The Labute approximate surface area is 173 Å². The van der Waals surface area contributed by atoms with Crippen LogP contribution in [0.4, 0.5) is 0 Å². The zero-order valence-corrected chi connectivity index (χ0v) is 17.8. The first-order valence-corrected chi connectivity index (χ1v) is 10.7. The lowest BCUT2D eigenvalue weighted by Crippen LogP contribution is -2.18. The van der Waals surface area contributed by atoms with E-state index in [1.54, 1.807) is 48.5 Å². The SMILES string of the molecule is COP(=O)([C@H](OC(C)=O)c1ccc(Cl)cc1)[C@@H](OC(C)=O)c1ccc(Cl)cc1. The number of esters is 2. The van der Waals surface area contributed by atoms with Gasteiger partial charge in [0.1, 0.15) is 0 Å². The maximum atomic E-state index is 14.0. The molecule has 2 aromatic rings. The van der Waals surface area contributed by atoms with Crippen LogP contribution in [0.5, 0.6) is 0 Å². The van der Waals surface area contributed by atoms with E-state index in [4.69, 9.17) is 37.2 Å². The fraction of sp³-hybridized carbons (Fsp3) is 0.263. The standard InChI is InChI=1S/C19H19Cl2O6P/c1-12(22)26-18(14-4-8-16(20)9-5-14)28(24,25-3)19(27-13(2)23)15-6-10-17(21)11-7-15/h4-11,18-19H,1-3H3/t18-,19+,28?. The van der Waals surface area contributed by atoms with Gasteiger partial charge in [-0.1, -0.05) is 47.5 Å². The first-order valence-electron chi connectivity index (χ1n) is 8.18. The number of carbonyl (C=O) groups excluding carboxylic acids is 2. The summed E-state index contributed by atoms with van der Waals surface area (Å²) in [7, 11) is -2.77. The molecule has 0 aliphatic heterocycles. The van der Waals surface area contributed by atoms with E-state index in [2.05, 4.69) is 0 Å². The highest BCUT2D eigenvalue weighted by atomic mass is 35.5. The molecule has 0 aromatic heterocycles. The van der Waals surface area contributed by atoms with Gasteiger partial charge in [-0.05, 0) is 24.3 Å². The van der Waals surface area contributed by atoms with Crippen LogP contribution in [0.3, 0.4) is 0 Å². The number of hydrogen-bond donors (Lipinski definition) is 0. The number of carbonyl (C=O) groups is 2. The van der Waals surface area contributed by atoms with Gasteiger partial charge in [-0.25, -0.2) is 0 Å². The summed E-state index contributed by atoms with van der Waals surface area (Å²) in [5, 5.41) is 0.902. The normalized spacial score (nSPS) is 15.2. The third-order valence-corrected chi connectivity index (χ3v) is 6.99. The lowest BCUT2D eigenvalue weighted by molar-refractivity contribution is -0.144. The molecule has 3 atom stereocenters. The number of ether oxygens (including phenoxy) is 2.